The SMILES string of the molecule is CCS(=O)(=O)CCNC(=O)NC1CCCCCCC1. The molecule has 1 rings (SSSR count). The van der Waals surface area contributed by atoms with E-state index in [1.807, 2.05) is 0 Å². The number of hydrogen-bond acceptors (Lipinski definition) is 3. The zero-order chi connectivity index (χ0) is 14.1. The van der Waals surface area contributed by atoms with E-state index in [9.17, 15) is 13.2 Å². The van der Waals surface area contributed by atoms with Crippen molar-refractivity contribution in [2.24, 2.45) is 0 Å². The maximum atomic E-state index is 11.7. The molecule has 1 aliphatic rings. The minimum absolute atomic E-state index is 0.0155. The topological polar surface area (TPSA) is 75.3 Å². The third kappa shape index (κ3) is 7.40. The molecule has 0 heterocycles. The summed E-state index contributed by atoms with van der Waals surface area (Å²) in [6, 6.07) is -0.0000381. The molecule has 0 aromatic rings. The summed E-state index contributed by atoms with van der Waals surface area (Å²) < 4.78 is 22.6. The average Bonchev–Trinajstić information content (AvgIpc) is 2.32. The van der Waals surface area contributed by atoms with Gasteiger partial charge in [0.05, 0.1) is 5.75 Å². The summed E-state index contributed by atoms with van der Waals surface area (Å²) in [5.74, 6) is 0.139. The second-order valence-electron chi connectivity index (χ2n) is 5.18. The molecule has 1 saturated carbocycles. The van der Waals surface area contributed by atoms with Crippen LogP contribution in [0, 0.1) is 0 Å². The molecule has 112 valence electrons. The zero-order valence-electron chi connectivity index (χ0n) is 11.8. The number of urea groups is 1. The minimum Gasteiger partial charge on any atom is -0.337 e. The van der Waals surface area contributed by atoms with Gasteiger partial charge in [0.1, 0.15) is 0 Å². The van der Waals surface area contributed by atoms with Gasteiger partial charge in [0.15, 0.2) is 9.84 Å². The lowest BCUT2D eigenvalue weighted by molar-refractivity contribution is 0.234. The van der Waals surface area contributed by atoms with Crippen molar-refractivity contribution in [2.45, 2.75) is 57.9 Å². The molecule has 0 aromatic carbocycles. The van der Waals surface area contributed by atoms with Crippen molar-refractivity contribution in [2.75, 3.05) is 18.1 Å². The van der Waals surface area contributed by atoms with Crippen LogP contribution < -0.4 is 10.6 Å². The van der Waals surface area contributed by atoms with Gasteiger partial charge >= 0.3 is 6.03 Å². The number of carbonyl (C=O) groups is 1. The highest BCUT2D eigenvalue weighted by atomic mass is 32.2. The van der Waals surface area contributed by atoms with E-state index in [0.717, 1.165) is 25.7 Å². The maximum absolute atomic E-state index is 11.7. The van der Waals surface area contributed by atoms with E-state index >= 15 is 0 Å². The Labute approximate surface area is 116 Å². The van der Waals surface area contributed by atoms with Crippen LogP contribution in [0.2, 0.25) is 0 Å². The van der Waals surface area contributed by atoms with Crippen LogP contribution in [0.4, 0.5) is 4.79 Å². The first-order chi connectivity index (χ1) is 9.03. The summed E-state index contributed by atoms with van der Waals surface area (Å²) >= 11 is 0. The van der Waals surface area contributed by atoms with Crippen molar-refractivity contribution >= 4 is 15.9 Å². The van der Waals surface area contributed by atoms with Gasteiger partial charge in [0, 0.05) is 18.3 Å². The highest BCUT2D eigenvalue weighted by Gasteiger charge is 2.14. The highest BCUT2D eigenvalue weighted by Crippen LogP contribution is 2.16. The van der Waals surface area contributed by atoms with E-state index in [4.69, 9.17) is 0 Å². The van der Waals surface area contributed by atoms with Crippen LogP contribution in [0.3, 0.4) is 0 Å². The van der Waals surface area contributed by atoms with Gasteiger partial charge in [-0.1, -0.05) is 39.0 Å². The molecular formula is C13H26N2O3S. The predicted octanol–water partition coefficient (Wildman–Crippen LogP) is 1.83. The summed E-state index contributed by atoms with van der Waals surface area (Å²) in [5, 5.41) is 5.57. The van der Waals surface area contributed by atoms with Gasteiger partial charge in [0.25, 0.3) is 0 Å². The Bertz CT molecular complexity index is 360. The van der Waals surface area contributed by atoms with E-state index in [-0.39, 0.29) is 30.1 Å². The van der Waals surface area contributed by atoms with Crippen LogP contribution >= 0.6 is 0 Å². The van der Waals surface area contributed by atoms with Gasteiger partial charge in [0.2, 0.25) is 0 Å². The first-order valence-corrected chi connectivity index (χ1v) is 9.10. The van der Waals surface area contributed by atoms with E-state index in [1.165, 1.54) is 19.3 Å². The number of nitrogens with one attached hydrogen (secondary N) is 2. The van der Waals surface area contributed by atoms with Crippen LogP contribution in [0.15, 0.2) is 0 Å². The van der Waals surface area contributed by atoms with E-state index in [0.29, 0.717) is 0 Å². The van der Waals surface area contributed by atoms with Gasteiger partial charge < -0.3 is 10.6 Å². The smallest absolute Gasteiger partial charge is 0.315 e. The number of sulfone groups is 1. The summed E-state index contributed by atoms with van der Waals surface area (Å²) in [5.41, 5.74) is 0. The molecule has 19 heavy (non-hydrogen) atoms. The van der Waals surface area contributed by atoms with Gasteiger partial charge in [-0.05, 0) is 12.8 Å². The van der Waals surface area contributed by atoms with E-state index in [2.05, 4.69) is 10.6 Å². The fourth-order valence-electron chi connectivity index (χ4n) is 2.30. The molecule has 6 heteroatoms. The predicted molar refractivity (Wildman–Crippen MR) is 77.0 cm³/mol. The first kappa shape index (κ1) is 16.3. The lowest BCUT2D eigenvalue weighted by Crippen LogP contribution is -2.43. The molecule has 0 atom stereocenters. The molecule has 0 aliphatic heterocycles. The van der Waals surface area contributed by atoms with Gasteiger partial charge in [-0.3, -0.25) is 0 Å². The van der Waals surface area contributed by atoms with Crippen molar-refractivity contribution < 1.29 is 13.2 Å². The van der Waals surface area contributed by atoms with Crippen molar-refractivity contribution in [3.05, 3.63) is 0 Å². The van der Waals surface area contributed by atoms with E-state index in [1.54, 1.807) is 6.92 Å². The first-order valence-electron chi connectivity index (χ1n) is 7.28. The largest absolute Gasteiger partial charge is 0.337 e. The fourth-order valence-corrected chi connectivity index (χ4v) is 3.00. The van der Waals surface area contributed by atoms with Crippen LogP contribution in [-0.4, -0.2) is 38.5 Å². The Hall–Kier alpha value is -0.780. The molecule has 0 bridgehead atoms. The third-order valence-electron chi connectivity index (χ3n) is 3.58. The zero-order valence-corrected chi connectivity index (χ0v) is 12.6. The van der Waals surface area contributed by atoms with Gasteiger partial charge in [-0.25, -0.2) is 13.2 Å². The van der Waals surface area contributed by atoms with Crippen LogP contribution in [0.25, 0.3) is 0 Å². The molecular weight excluding hydrogens is 264 g/mol. The molecule has 0 spiro atoms. The second kappa shape index (κ2) is 8.40. The average molecular weight is 290 g/mol. The molecule has 2 N–H and O–H groups in total. The second-order valence-corrected chi connectivity index (χ2v) is 7.65. The maximum Gasteiger partial charge on any atom is 0.315 e. The number of hydrogen-bond donors (Lipinski definition) is 2. The molecule has 1 fully saturated rings. The molecule has 0 aromatic heterocycles. The van der Waals surface area contributed by atoms with Crippen molar-refractivity contribution in [3.8, 4) is 0 Å². The molecule has 1 aliphatic carbocycles. The number of rotatable bonds is 5. The summed E-state index contributed by atoms with van der Waals surface area (Å²) in [7, 11) is -3.00. The summed E-state index contributed by atoms with van der Waals surface area (Å²) in [6.45, 7) is 1.80. The van der Waals surface area contributed by atoms with Crippen molar-refractivity contribution in [1.82, 2.24) is 10.6 Å². The molecule has 0 radical (unpaired) electrons. The monoisotopic (exact) mass is 290 g/mol. The normalized spacial score (nSPS) is 18.4. The van der Waals surface area contributed by atoms with Gasteiger partial charge in [-0.15, -0.1) is 0 Å². The molecule has 0 saturated heterocycles. The Kier molecular flexibility index (Phi) is 7.20. The molecule has 0 unspecified atom stereocenters. The Morgan fingerprint density at radius 2 is 1.68 bits per heavy atom. The van der Waals surface area contributed by atoms with Crippen molar-refractivity contribution in [3.63, 3.8) is 0 Å². The Balaban J connectivity index is 2.22. The lowest BCUT2D eigenvalue weighted by Gasteiger charge is -2.21. The molecule has 2 amide bonds. The summed E-state index contributed by atoms with van der Waals surface area (Å²) in [4.78, 5) is 11.7. The van der Waals surface area contributed by atoms with Crippen LogP contribution in [0.1, 0.15) is 51.9 Å². The Morgan fingerprint density at radius 1 is 1.11 bits per heavy atom. The Morgan fingerprint density at radius 3 is 2.26 bits per heavy atom. The third-order valence-corrected chi connectivity index (χ3v) is 5.28. The summed E-state index contributed by atoms with van der Waals surface area (Å²) in [6.07, 6.45) is 8.17. The number of carbonyl (C=O) groups excluding carboxylic acids is 1. The number of amides is 2. The minimum atomic E-state index is -3.00. The quantitative estimate of drug-likeness (QED) is 0.811. The standard InChI is InChI=1S/C13H26N2O3S/c1-2-19(17,18)11-10-14-13(16)15-12-8-6-4-3-5-7-9-12/h12H,2-11H2,1H3,(H2,14,15,16). The highest BCUT2D eigenvalue weighted by molar-refractivity contribution is 7.91. The fraction of sp³-hybridized carbons (Fsp3) is 0.923. The van der Waals surface area contributed by atoms with Crippen LogP contribution in [0.5, 0.6) is 0 Å². The van der Waals surface area contributed by atoms with E-state index < -0.39 is 9.84 Å². The van der Waals surface area contributed by atoms with Crippen molar-refractivity contribution in [1.29, 1.82) is 0 Å². The van der Waals surface area contributed by atoms with Crippen LogP contribution in [-0.2, 0) is 9.84 Å². The lowest BCUT2D eigenvalue weighted by atomic mass is 9.97. The molecule has 5 nitrogen and oxygen atoms in total. The van der Waals surface area contributed by atoms with Gasteiger partial charge in [-0.2, -0.15) is 0 Å².